The van der Waals surface area contributed by atoms with Gasteiger partial charge in [0.05, 0.1) is 10.6 Å². The summed E-state index contributed by atoms with van der Waals surface area (Å²) in [5.41, 5.74) is -0.129. The van der Waals surface area contributed by atoms with E-state index in [9.17, 15) is 14.4 Å². The monoisotopic (exact) mass is 415 g/mol. The maximum Gasteiger partial charge on any atom is 0.407 e. The van der Waals surface area contributed by atoms with E-state index in [1.165, 1.54) is 17.7 Å². The van der Waals surface area contributed by atoms with Gasteiger partial charge in [-0.05, 0) is 41.6 Å². The molecule has 2 amide bonds. The van der Waals surface area contributed by atoms with Gasteiger partial charge >= 0.3 is 6.09 Å². The van der Waals surface area contributed by atoms with Crippen molar-refractivity contribution in [1.29, 1.82) is 0 Å². The molecule has 0 unspecified atom stereocenters. The van der Waals surface area contributed by atoms with Gasteiger partial charge in [-0.3, -0.25) is 9.59 Å². The Morgan fingerprint density at radius 1 is 1.32 bits per heavy atom. The van der Waals surface area contributed by atoms with Crippen LogP contribution in [0.15, 0.2) is 21.5 Å². The summed E-state index contributed by atoms with van der Waals surface area (Å²) in [5, 5.41) is 5.13. The lowest BCUT2D eigenvalue weighted by Gasteiger charge is -2.29. The largest absolute Gasteiger partial charge is 0.489 e. The van der Waals surface area contributed by atoms with Crippen LogP contribution in [0.2, 0.25) is 0 Å². The number of halogens is 1. The molecule has 0 aromatic carbocycles. The Morgan fingerprint density at radius 3 is 2.64 bits per heavy atom. The third kappa shape index (κ3) is 5.77. The standard InChI is InChI=1S/C16H22BrN3O5/c1-18-16(23)24-9-14(21)19-10-3-5-11(6-4-10)25-13-7-15(22)20(2)8-12(13)17/h7-8,10-11H,3-6,9H2,1-2H3,(H,18,23)(H,19,21). The third-order valence-corrected chi connectivity index (χ3v) is 4.61. The van der Waals surface area contributed by atoms with Crippen molar-refractivity contribution in [2.75, 3.05) is 13.7 Å². The molecule has 0 saturated heterocycles. The zero-order valence-electron chi connectivity index (χ0n) is 14.2. The number of ether oxygens (including phenoxy) is 2. The molecule has 0 atom stereocenters. The molecule has 9 heteroatoms. The molecular weight excluding hydrogens is 394 g/mol. The smallest absolute Gasteiger partial charge is 0.407 e. The lowest BCUT2D eigenvalue weighted by atomic mass is 9.93. The van der Waals surface area contributed by atoms with Crippen molar-refractivity contribution in [2.24, 2.45) is 7.05 Å². The molecule has 25 heavy (non-hydrogen) atoms. The van der Waals surface area contributed by atoms with Crippen molar-refractivity contribution < 1.29 is 19.1 Å². The maximum atomic E-state index is 11.7. The molecule has 1 aromatic rings. The van der Waals surface area contributed by atoms with Crippen molar-refractivity contribution in [1.82, 2.24) is 15.2 Å². The Morgan fingerprint density at radius 2 is 2.00 bits per heavy atom. The zero-order valence-corrected chi connectivity index (χ0v) is 15.8. The number of carbonyl (C=O) groups is 2. The van der Waals surface area contributed by atoms with Crippen LogP contribution in [-0.4, -0.2) is 42.4 Å². The van der Waals surface area contributed by atoms with Gasteiger partial charge in [0.1, 0.15) is 5.75 Å². The predicted molar refractivity (Wildman–Crippen MR) is 94.6 cm³/mol. The van der Waals surface area contributed by atoms with E-state index in [0.29, 0.717) is 5.75 Å². The summed E-state index contributed by atoms with van der Waals surface area (Å²) >= 11 is 3.40. The van der Waals surface area contributed by atoms with E-state index < -0.39 is 6.09 Å². The average Bonchev–Trinajstić information content (AvgIpc) is 2.59. The van der Waals surface area contributed by atoms with E-state index >= 15 is 0 Å². The van der Waals surface area contributed by atoms with E-state index in [1.54, 1.807) is 13.2 Å². The fraction of sp³-hybridized carbons (Fsp3) is 0.562. The fourth-order valence-corrected chi connectivity index (χ4v) is 3.16. The molecule has 1 saturated carbocycles. The molecule has 1 fully saturated rings. The highest BCUT2D eigenvalue weighted by Gasteiger charge is 2.24. The topological polar surface area (TPSA) is 98.7 Å². The Bertz CT molecular complexity index is 683. The molecule has 1 aromatic heterocycles. The molecule has 138 valence electrons. The lowest BCUT2D eigenvalue weighted by Crippen LogP contribution is -2.42. The minimum atomic E-state index is -0.633. The SMILES string of the molecule is CNC(=O)OCC(=O)NC1CCC(Oc2cc(=O)n(C)cc2Br)CC1. The number of nitrogens with zero attached hydrogens (tertiary/aromatic N) is 1. The summed E-state index contributed by atoms with van der Waals surface area (Å²) in [7, 11) is 3.11. The van der Waals surface area contributed by atoms with E-state index in [0.717, 1.165) is 30.2 Å². The van der Waals surface area contributed by atoms with E-state index in [2.05, 4.69) is 26.6 Å². The second kappa shape index (κ2) is 8.89. The molecule has 0 aliphatic heterocycles. The summed E-state index contributed by atoms with van der Waals surface area (Å²) in [5.74, 6) is 0.219. The number of hydrogen-bond acceptors (Lipinski definition) is 5. The fourth-order valence-electron chi connectivity index (χ4n) is 2.65. The number of rotatable bonds is 5. The van der Waals surface area contributed by atoms with Crippen LogP contribution < -0.4 is 20.9 Å². The van der Waals surface area contributed by atoms with E-state index in [-0.39, 0.29) is 30.2 Å². The van der Waals surface area contributed by atoms with Crippen LogP contribution >= 0.6 is 15.9 Å². The molecule has 2 rings (SSSR count). The minimum absolute atomic E-state index is 0.00122. The van der Waals surface area contributed by atoms with Gasteiger partial charge in [-0.1, -0.05) is 0 Å². The average molecular weight is 416 g/mol. The van der Waals surface area contributed by atoms with Crippen molar-refractivity contribution >= 4 is 27.9 Å². The molecule has 0 bridgehead atoms. The summed E-state index contributed by atoms with van der Waals surface area (Å²) in [6, 6.07) is 1.50. The van der Waals surface area contributed by atoms with Gasteiger partial charge in [-0.25, -0.2) is 4.79 Å². The van der Waals surface area contributed by atoms with Crippen LogP contribution in [0.3, 0.4) is 0 Å². The Hall–Kier alpha value is -2.03. The first-order chi connectivity index (χ1) is 11.9. The van der Waals surface area contributed by atoms with Crippen LogP contribution in [0.1, 0.15) is 25.7 Å². The predicted octanol–water partition coefficient (Wildman–Crippen LogP) is 1.31. The van der Waals surface area contributed by atoms with Crippen molar-refractivity contribution in [3.8, 4) is 5.75 Å². The molecule has 8 nitrogen and oxygen atoms in total. The third-order valence-electron chi connectivity index (χ3n) is 4.02. The number of aromatic nitrogens is 1. The van der Waals surface area contributed by atoms with Crippen LogP contribution in [-0.2, 0) is 16.6 Å². The molecule has 2 N–H and O–H groups in total. The van der Waals surface area contributed by atoms with Gasteiger partial charge in [-0.2, -0.15) is 0 Å². The molecule has 0 spiro atoms. The number of carbonyl (C=O) groups excluding carboxylic acids is 2. The van der Waals surface area contributed by atoms with Gasteiger partial charge in [0.25, 0.3) is 11.5 Å². The van der Waals surface area contributed by atoms with Crippen LogP contribution in [0, 0.1) is 0 Å². The quantitative estimate of drug-likeness (QED) is 0.755. The van der Waals surface area contributed by atoms with Gasteiger partial charge in [0.15, 0.2) is 6.61 Å². The molecule has 1 heterocycles. The zero-order chi connectivity index (χ0) is 18.4. The van der Waals surface area contributed by atoms with Crippen molar-refractivity contribution in [2.45, 2.75) is 37.8 Å². The molecule has 0 radical (unpaired) electrons. The maximum absolute atomic E-state index is 11.7. The summed E-state index contributed by atoms with van der Waals surface area (Å²) in [4.78, 5) is 34.4. The summed E-state index contributed by atoms with van der Waals surface area (Å²) in [6.07, 6.45) is 4.10. The van der Waals surface area contributed by atoms with Gasteiger partial charge in [-0.15, -0.1) is 0 Å². The first-order valence-corrected chi connectivity index (χ1v) is 8.85. The van der Waals surface area contributed by atoms with Crippen LogP contribution in [0.5, 0.6) is 5.75 Å². The highest BCUT2D eigenvalue weighted by Crippen LogP contribution is 2.28. The second-order valence-corrected chi connectivity index (χ2v) is 6.77. The van der Waals surface area contributed by atoms with E-state index in [4.69, 9.17) is 9.47 Å². The highest BCUT2D eigenvalue weighted by molar-refractivity contribution is 9.10. The number of pyridine rings is 1. The van der Waals surface area contributed by atoms with Crippen LogP contribution in [0.4, 0.5) is 4.79 Å². The first kappa shape index (κ1) is 19.3. The van der Waals surface area contributed by atoms with Gasteiger partial charge in [0.2, 0.25) is 0 Å². The number of hydrogen-bond donors (Lipinski definition) is 2. The number of amides is 2. The summed E-state index contributed by atoms with van der Waals surface area (Å²) in [6.45, 7) is -0.295. The normalized spacial score (nSPS) is 19.8. The number of alkyl carbamates (subject to hydrolysis) is 1. The van der Waals surface area contributed by atoms with Gasteiger partial charge in [0, 0.05) is 32.4 Å². The highest BCUT2D eigenvalue weighted by atomic mass is 79.9. The number of nitrogens with one attached hydrogen (secondary N) is 2. The minimum Gasteiger partial charge on any atom is -0.489 e. The van der Waals surface area contributed by atoms with E-state index in [1.807, 2.05) is 0 Å². The Labute approximate surface area is 154 Å². The molecule has 1 aliphatic rings. The lowest BCUT2D eigenvalue weighted by molar-refractivity contribution is -0.125. The first-order valence-electron chi connectivity index (χ1n) is 8.05. The number of aryl methyl sites for hydroxylation is 1. The van der Waals surface area contributed by atoms with Crippen molar-refractivity contribution in [3.63, 3.8) is 0 Å². The van der Waals surface area contributed by atoms with Crippen molar-refractivity contribution in [3.05, 3.63) is 27.1 Å². The Kier molecular flexibility index (Phi) is 6.86. The van der Waals surface area contributed by atoms with Crippen LogP contribution in [0.25, 0.3) is 0 Å². The van der Waals surface area contributed by atoms with Gasteiger partial charge < -0.3 is 24.7 Å². The molecule has 1 aliphatic carbocycles. The summed E-state index contributed by atoms with van der Waals surface area (Å²) < 4.78 is 12.8. The second-order valence-electron chi connectivity index (χ2n) is 5.92. The molecular formula is C16H22BrN3O5. The Balaban J connectivity index is 1.78.